The number of carbonyl (C=O) groups is 2. The van der Waals surface area contributed by atoms with Gasteiger partial charge in [0.05, 0.1) is 29.5 Å². The van der Waals surface area contributed by atoms with E-state index in [2.05, 4.69) is 65.0 Å². The van der Waals surface area contributed by atoms with Crippen molar-refractivity contribution >= 4 is 45.7 Å². The largest absolute Gasteiger partial charge is 0.488 e. The van der Waals surface area contributed by atoms with Crippen molar-refractivity contribution in [2.45, 2.75) is 72.1 Å². The van der Waals surface area contributed by atoms with Gasteiger partial charge in [-0.3, -0.25) is 15.0 Å². The normalized spacial score (nSPS) is 14.5. The van der Waals surface area contributed by atoms with Gasteiger partial charge in [-0.1, -0.05) is 81.8 Å². The number of anilines is 4. The van der Waals surface area contributed by atoms with E-state index in [1.165, 1.54) is 6.20 Å². The second kappa shape index (κ2) is 18.1. The number of piperidine rings is 1. The van der Waals surface area contributed by atoms with Crippen LogP contribution in [0.4, 0.5) is 32.2 Å². The second-order valence-electron chi connectivity index (χ2n) is 16.0. The van der Waals surface area contributed by atoms with E-state index in [-0.39, 0.29) is 17.0 Å². The Morgan fingerprint density at radius 2 is 1.71 bits per heavy atom. The number of fused-ring (bicyclic) bond motifs is 1. The number of urea groups is 1. The zero-order valence-corrected chi connectivity index (χ0v) is 34.3. The lowest BCUT2D eigenvalue weighted by molar-refractivity contribution is 0.0933. The maximum atomic E-state index is 13.7. The minimum Gasteiger partial charge on any atom is -0.488 e. The van der Waals surface area contributed by atoms with Crippen LogP contribution in [-0.4, -0.2) is 68.9 Å². The third-order valence-electron chi connectivity index (χ3n) is 10.4. The number of hydrogen-bond donors (Lipinski definition) is 4. The Bertz CT molecular complexity index is 2410. The summed E-state index contributed by atoms with van der Waals surface area (Å²) >= 11 is 0. The topological polar surface area (TPSA) is 138 Å². The van der Waals surface area contributed by atoms with Gasteiger partial charge >= 0.3 is 6.03 Å². The Hall–Kier alpha value is -6.34. The fraction of sp³-hybridized carbons (Fsp3) is 0.326. The van der Waals surface area contributed by atoms with Gasteiger partial charge < -0.3 is 20.7 Å². The number of aryl methyl sites for hydroxylation is 2. The van der Waals surface area contributed by atoms with Gasteiger partial charge in [-0.15, -0.1) is 0 Å². The van der Waals surface area contributed by atoms with Crippen molar-refractivity contribution in [1.29, 1.82) is 0 Å². The minimum atomic E-state index is -0.799. The van der Waals surface area contributed by atoms with E-state index < -0.39 is 12.2 Å². The van der Waals surface area contributed by atoms with E-state index >= 15 is 0 Å². The molecule has 12 nitrogen and oxygen atoms in total. The number of amides is 3. The number of benzene rings is 4. The number of hydrogen-bond acceptors (Lipinski definition) is 8. The summed E-state index contributed by atoms with van der Waals surface area (Å²) in [7, 11) is 0. The van der Waals surface area contributed by atoms with E-state index in [1.807, 2.05) is 90.7 Å². The number of ether oxygens (including phenoxy) is 1. The third kappa shape index (κ3) is 10.2. The van der Waals surface area contributed by atoms with Crippen molar-refractivity contribution in [2.75, 3.05) is 42.1 Å². The van der Waals surface area contributed by atoms with Crippen LogP contribution in [0.1, 0.15) is 73.4 Å². The van der Waals surface area contributed by atoms with Crippen LogP contribution in [0.15, 0.2) is 97.3 Å². The zero-order chi connectivity index (χ0) is 41.5. The molecule has 306 valence electrons. The minimum absolute atomic E-state index is 0.213. The quantitative estimate of drug-likeness (QED) is 0.0909. The highest BCUT2D eigenvalue weighted by Crippen LogP contribution is 2.33. The van der Waals surface area contributed by atoms with Crippen LogP contribution >= 0.6 is 0 Å². The number of halogens is 1. The summed E-state index contributed by atoms with van der Waals surface area (Å²) in [5.74, 6) is 1.43. The lowest BCUT2D eigenvalue weighted by atomic mass is 9.92. The van der Waals surface area contributed by atoms with Crippen molar-refractivity contribution in [3.8, 4) is 11.4 Å². The molecular weight excluding hydrogens is 746 g/mol. The molecular formula is C46H52FN9O3. The smallest absolute Gasteiger partial charge is 0.324 e. The van der Waals surface area contributed by atoms with Crippen LogP contribution in [0.5, 0.6) is 5.75 Å². The average molecular weight is 798 g/mol. The van der Waals surface area contributed by atoms with Crippen molar-refractivity contribution in [3.63, 3.8) is 0 Å². The number of nitrogens with zero attached hydrogens (tertiary/aromatic N) is 5. The predicted octanol–water partition coefficient (Wildman–Crippen LogP) is 9.11. The lowest BCUT2D eigenvalue weighted by Crippen LogP contribution is -2.41. The molecule has 7 rings (SSSR count). The summed E-state index contributed by atoms with van der Waals surface area (Å²) in [5, 5.41) is 18.8. The molecule has 1 unspecified atom stereocenters. The molecule has 1 fully saturated rings. The summed E-state index contributed by atoms with van der Waals surface area (Å²) in [4.78, 5) is 37.1. The van der Waals surface area contributed by atoms with Crippen LogP contribution in [0.3, 0.4) is 0 Å². The summed E-state index contributed by atoms with van der Waals surface area (Å²) < 4.78 is 21.9. The monoisotopic (exact) mass is 797 g/mol. The molecule has 2 aromatic heterocycles. The van der Waals surface area contributed by atoms with Crippen molar-refractivity contribution in [2.24, 2.45) is 0 Å². The van der Waals surface area contributed by atoms with Gasteiger partial charge in [-0.2, -0.15) is 5.10 Å². The Morgan fingerprint density at radius 1 is 0.915 bits per heavy atom. The molecule has 0 spiro atoms. The molecule has 3 heterocycles. The Morgan fingerprint density at radius 3 is 2.44 bits per heavy atom. The van der Waals surface area contributed by atoms with Crippen LogP contribution < -0.4 is 26.0 Å². The van der Waals surface area contributed by atoms with Gasteiger partial charge in [0.1, 0.15) is 35.9 Å². The van der Waals surface area contributed by atoms with Crippen LogP contribution in [0.25, 0.3) is 16.5 Å². The molecule has 1 atom stereocenters. The van der Waals surface area contributed by atoms with Gasteiger partial charge in [0.2, 0.25) is 0 Å². The first kappa shape index (κ1) is 40.8. The highest BCUT2D eigenvalue weighted by Gasteiger charge is 2.23. The number of carbonyl (C=O) groups excluding carboxylic acids is 2. The maximum Gasteiger partial charge on any atom is 0.324 e. The Balaban J connectivity index is 0.996. The average Bonchev–Trinajstić information content (AvgIpc) is 3.65. The van der Waals surface area contributed by atoms with Gasteiger partial charge in [0, 0.05) is 47.6 Å². The fourth-order valence-electron chi connectivity index (χ4n) is 7.06. The van der Waals surface area contributed by atoms with Gasteiger partial charge in [0.15, 0.2) is 0 Å². The number of aromatic nitrogens is 4. The predicted molar refractivity (Wildman–Crippen MR) is 232 cm³/mol. The van der Waals surface area contributed by atoms with E-state index in [1.54, 1.807) is 10.9 Å². The van der Waals surface area contributed by atoms with Crippen molar-refractivity contribution in [3.05, 3.63) is 125 Å². The standard InChI is InChI=1S/C46H52FN9O3/c1-6-32-16-15-31(24-38(32)51-42-27-49-39(26-50-42)44(57)48-21-23-55-22-9-10-33(47)28-55)29-59-40-20-19-37(35-11-7-8-12-36(35)40)52-45(58)53-43-25-41(46(3,4)5)54-56(43)34-17-13-30(2)14-18-34/h7-8,11-20,24-27,33H,6,9-10,21-23,28-29H2,1-5H3,(H,48,57)(H,50,51)(H2,52,53,58). The molecule has 0 bridgehead atoms. The van der Waals surface area contributed by atoms with Crippen LogP contribution in [0.2, 0.25) is 0 Å². The molecule has 59 heavy (non-hydrogen) atoms. The van der Waals surface area contributed by atoms with Gasteiger partial charge in [-0.05, 0) is 74.2 Å². The Labute approximate surface area is 344 Å². The Kier molecular flexibility index (Phi) is 12.5. The molecule has 1 aliphatic rings. The third-order valence-corrected chi connectivity index (χ3v) is 10.4. The van der Waals surface area contributed by atoms with E-state index in [0.29, 0.717) is 55.7 Å². The summed E-state index contributed by atoms with van der Waals surface area (Å²) in [6.07, 6.45) is 4.42. The number of likely N-dealkylation sites (tertiary alicyclic amines) is 1. The molecule has 13 heteroatoms. The highest BCUT2D eigenvalue weighted by atomic mass is 19.1. The van der Waals surface area contributed by atoms with Crippen molar-refractivity contribution in [1.82, 2.24) is 30.0 Å². The van der Waals surface area contributed by atoms with E-state index in [9.17, 15) is 14.0 Å². The second-order valence-corrected chi connectivity index (χ2v) is 16.0. The summed E-state index contributed by atoms with van der Waals surface area (Å²) in [5.41, 5.74) is 6.36. The molecule has 0 radical (unpaired) electrons. The maximum absolute atomic E-state index is 13.7. The molecule has 0 saturated carbocycles. The summed E-state index contributed by atoms with van der Waals surface area (Å²) in [6.45, 7) is 13.0. The molecule has 0 aliphatic carbocycles. The SMILES string of the molecule is CCc1ccc(COc2ccc(NC(=O)Nc3cc(C(C)(C)C)nn3-c3ccc(C)cc3)c3ccccc23)cc1Nc1cnc(C(=O)NCCN2CCCC(F)C2)cn1. The van der Waals surface area contributed by atoms with E-state index in [0.717, 1.165) is 63.9 Å². The number of rotatable bonds is 13. The van der Waals surface area contributed by atoms with Gasteiger partial charge in [-0.25, -0.2) is 23.8 Å². The van der Waals surface area contributed by atoms with E-state index in [4.69, 9.17) is 9.84 Å². The van der Waals surface area contributed by atoms with Crippen LogP contribution in [0, 0.1) is 6.92 Å². The molecule has 1 aliphatic heterocycles. The van der Waals surface area contributed by atoms with Crippen LogP contribution in [-0.2, 0) is 18.4 Å². The first-order chi connectivity index (χ1) is 28.4. The molecule has 3 amide bonds. The number of nitrogens with one attached hydrogen (secondary N) is 4. The summed E-state index contributed by atoms with van der Waals surface area (Å²) in [6, 6.07) is 27.2. The molecule has 4 aromatic carbocycles. The highest BCUT2D eigenvalue weighted by molar-refractivity contribution is 6.07. The van der Waals surface area contributed by atoms with Crippen molar-refractivity contribution < 1.29 is 18.7 Å². The van der Waals surface area contributed by atoms with Gasteiger partial charge in [0.25, 0.3) is 5.91 Å². The first-order valence-corrected chi connectivity index (χ1v) is 20.2. The zero-order valence-electron chi connectivity index (χ0n) is 34.3. The molecule has 6 aromatic rings. The number of alkyl halides is 1. The fourth-order valence-corrected chi connectivity index (χ4v) is 7.06. The molecule has 1 saturated heterocycles. The molecule has 4 N–H and O–H groups in total. The lowest BCUT2D eigenvalue weighted by Gasteiger charge is -2.28. The first-order valence-electron chi connectivity index (χ1n) is 20.2.